The Bertz CT molecular complexity index is 817. The van der Waals surface area contributed by atoms with Crippen LogP contribution in [-0.2, 0) is 11.3 Å². The summed E-state index contributed by atoms with van der Waals surface area (Å²) in [5.41, 5.74) is 0.554. The van der Waals surface area contributed by atoms with Crippen molar-refractivity contribution in [2.24, 2.45) is 40.9 Å². The van der Waals surface area contributed by atoms with Gasteiger partial charge in [0.25, 0.3) is 0 Å². The van der Waals surface area contributed by atoms with Crippen LogP contribution in [0.5, 0.6) is 0 Å². The zero-order valence-corrected chi connectivity index (χ0v) is 19.7. The standard InChI is InChI=1S/C26H41N3O2/c1-17-15-27-29(28-17)16-24(30)23-8-4-7-22-21-10-9-18-14-25(2,31)12-5-6-19(18)20(21)11-13-26(22,23)3/h15,18-23,31H,4-14,16H2,1-3H3/t18-,19+,20-,21-,22+,23-,25-,26+/m1/s1. The van der Waals surface area contributed by atoms with Crippen molar-refractivity contribution >= 4 is 5.78 Å². The van der Waals surface area contributed by atoms with Crippen LogP contribution < -0.4 is 0 Å². The van der Waals surface area contributed by atoms with Crippen LogP contribution in [0, 0.1) is 47.8 Å². The molecule has 1 aromatic heterocycles. The molecule has 4 aliphatic carbocycles. The maximum atomic E-state index is 13.4. The SMILES string of the molecule is Cc1cnn(CC(=O)[C@H]2CCC[C@H]3[C@@H]4CC[C@@H]5C[C@](C)(O)CCC[C@@H]5[C@H]4CC[C@]23C)n1. The summed E-state index contributed by atoms with van der Waals surface area (Å²) < 4.78 is 0. The molecule has 1 aromatic rings. The van der Waals surface area contributed by atoms with E-state index in [0.717, 1.165) is 42.7 Å². The lowest BCUT2D eigenvalue weighted by Crippen LogP contribution is -2.54. The van der Waals surface area contributed by atoms with Gasteiger partial charge in [0, 0.05) is 5.92 Å². The van der Waals surface area contributed by atoms with Crippen LogP contribution in [0.15, 0.2) is 6.20 Å². The molecule has 4 aliphatic rings. The van der Waals surface area contributed by atoms with E-state index in [1.165, 1.54) is 51.4 Å². The third kappa shape index (κ3) is 3.89. The van der Waals surface area contributed by atoms with Crippen molar-refractivity contribution in [1.82, 2.24) is 15.0 Å². The van der Waals surface area contributed by atoms with E-state index in [9.17, 15) is 9.90 Å². The summed E-state index contributed by atoms with van der Waals surface area (Å²) in [6, 6.07) is 0. The van der Waals surface area contributed by atoms with Gasteiger partial charge in [-0.05, 0) is 107 Å². The molecule has 0 radical (unpaired) electrons. The molecule has 0 aromatic carbocycles. The molecular formula is C26H41N3O2. The fourth-order valence-electron chi connectivity index (χ4n) is 8.76. The van der Waals surface area contributed by atoms with E-state index >= 15 is 0 Å². The number of nitrogens with zero attached hydrogens (tertiary/aromatic N) is 3. The quantitative estimate of drug-likeness (QED) is 0.741. The van der Waals surface area contributed by atoms with Gasteiger partial charge in [0.05, 0.1) is 17.5 Å². The average Bonchev–Trinajstić information content (AvgIpc) is 3.04. The molecule has 0 spiro atoms. The third-order valence-electron chi connectivity index (χ3n) is 10.1. The van der Waals surface area contributed by atoms with Gasteiger partial charge >= 0.3 is 0 Å². The second kappa shape index (κ2) is 7.97. The number of fused-ring (bicyclic) bond motifs is 5. The molecule has 31 heavy (non-hydrogen) atoms. The van der Waals surface area contributed by atoms with Crippen LogP contribution in [0.2, 0.25) is 0 Å². The van der Waals surface area contributed by atoms with Crippen molar-refractivity contribution in [3.05, 3.63) is 11.9 Å². The Morgan fingerprint density at radius 1 is 1.06 bits per heavy atom. The smallest absolute Gasteiger partial charge is 0.159 e. The molecule has 8 atom stereocenters. The van der Waals surface area contributed by atoms with Gasteiger partial charge in [0.15, 0.2) is 5.78 Å². The molecule has 172 valence electrons. The highest BCUT2D eigenvalue weighted by molar-refractivity contribution is 5.81. The number of aliphatic hydroxyl groups is 1. The van der Waals surface area contributed by atoms with Crippen LogP contribution in [0.25, 0.3) is 0 Å². The van der Waals surface area contributed by atoms with Gasteiger partial charge in [-0.15, -0.1) is 0 Å². The van der Waals surface area contributed by atoms with Gasteiger partial charge in [-0.25, -0.2) is 0 Å². The maximum absolute atomic E-state index is 13.4. The van der Waals surface area contributed by atoms with E-state index in [0.29, 0.717) is 24.2 Å². The molecular weight excluding hydrogens is 386 g/mol. The molecule has 5 heteroatoms. The van der Waals surface area contributed by atoms with Crippen LogP contribution in [0.4, 0.5) is 0 Å². The minimum absolute atomic E-state index is 0.141. The van der Waals surface area contributed by atoms with E-state index in [1.54, 1.807) is 11.0 Å². The maximum Gasteiger partial charge on any atom is 0.159 e. The minimum atomic E-state index is -0.462. The summed E-state index contributed by atoms with van der Waals surface area (Å²) in [5.74, 6) is 4.29. The molecule has 0 unspecified atom stereocenters. The van der Waals surface area contributed by atoms with E-state index in [2.05, 4.69) is 24.0 Å². The van der Waals surface area contributed by atoms with Crippen LogP contribution in [-0.4, -0.2) is 31.5 Å². The molecule has 1 N–H and O–H groups in total. The summed E-state index contributed by atoms with van der Waals surface area (Å²) in [4.78, 5) is 15.0. The van der Waals surface area contributed by atoms with Gasteiger partial charge < -0.3 is 5.11 Å². The van der Waals surface area contributed by atoms with E-state index < -0.39 is 5.60 Å². The van der Waals surface area contributed by atoms with Crippen molar-refractivity contribution in [2.75, 3.05) is 0 Å². The van der Waals surface area contributed by atoms with Crippen LogP contribution in [0.3, 0.4) is 0 Å². The number of ketones is 1. The number of rotatable bonds is 3. The summed E-state index contributed by atoms with van der Waals surface area (Å²) in [6.45, 7) is 6.76. The fraction of sp³-hybridized carbons (Fsp3) is 0.885. The highest BCUT2D eigenvalue weighted by Crippen LogP contribution is 2.63. The normalized spacial score (nSPS) is 45.2. The number of hydrogen-bond donors (Lipinski definition) is 1. The second-order valence-electron chi connectivity index (χ2n) is 12.0. The molecule has 4 saturated carbocycles. The van der Waals surface area contributed by atoms with Crippen molar-refractivity contribution in [3.63, 3.8) is 0 Å². The highest BCUT2D eigenvalue weighted by atomic mass is 16.3. The number of hydrogen-bond acceptors (Lipinski definition) is 4. The minimum Gasteiger partial charge on any atom is -0.390 e. The Balaban J connectivity index is 1.34. The fourth-order valence-corrected chi connectivity index (χ4v) is 8.76. The number of carbonyl (C=O) groups excluding carboxylic acids is 1. The predicted octanol–water partition coefficient (Wildman–Crippen LogP) is 4.96. The lowest BCUT2D eigenvalue weighted by Gasteiger charge is -2.59. The Hall–Kier alpha value is -1.23. The summed E-state index contributed by atoms with van der Waals surface area (Å²) in [6.07, 6.45) is 14.8. The molecule has 4 fully saturated rings. The lowest BCUT2D eigenvalue weighted by atomic mass is 9.45. The van der Waals surface area contributed by atoms with Gasteiger partial charge in [0.1, 0.15) is 6.54 Å². The van der Waals surface area contributed by atoms with Crippen molar-refractivity contribution in [1.29, 1.82) is 0 Å². The molecule has 0 aliphatic heterocycles. The first kappa shape index (κ1) is 21.6. The molecule has 5 rings (SSSR count). The number of Topliss-reactive ketones (excluding diaryl/α,β-unsaturated/α-hetero) is 1. The summed E-state index contributed by atoms with van der Waals surface area (Å²) in [7, 11) is 0. The average molecular weight is 428 g/mol. The Labute approximate surface area is 187 Å². The lowest BCUT2D eigenvalue weighted by molar-refractivity contribution is -0.144. The van der Waals surface area contributed by atoms with E-state index in [-0.39, 0.29) is 11.3 Å². The van der Waals surface area contributed by atoms with Gasteiger partial charge in [0.2, 0.25) is 0 Å². The Morgan fingerprint density at radius 2 is 1.90 bits per heavy atom. The summed E-state index contributed by atoms with van der Waals surface area (Å²) >= 11 is 0. The largest absolute Gasteiger partial charge is 0.390 e. The highest BCUT2D eigenvalue weighted by Gasteiger charge is 2.56. The zero-order valence-electron chi connectivity index (χ0n) is 19.7. The predicted molar refractivity (Wildman–Crippen MR) is 120 cm³/mol. The Morgan fingerprint density at radius 3 is 2.68 bits per heavy atom. The molecule has 0 saturated heterocycles. The topological polar surface area (TPSA) is 68.0 Å². The number of aromatic nitrogens is 3. The molecule has 0 bridgehead atoms. The Kier molecular flexibility index (Phi) is 5.55. The number of aryl methyl sites for hydroxylation is 1. The van der Waals surface area contributed by atoms with E-state index in [1.807, 2.05) is 6.92 Å². The summed E-state index contributed by atoms with van der Waals surface area (Å²) in [5, 5.41) is 19.4. The first-order valence-corrected chi connectivity index (χ1v) is 12.9. The second-order valence-corrected chi connectivity index (χ2v) is 12.0. The van der Waals surface area contributed by atoms with Crippen LogP contribution in [0.1, 0.15) is 90.2 Å². The molecule has 0 amide bonds. The van der Waals surface area contributed by atoms with Crippen molar-refractivity contribution < 1.29 is 9.90 Å². The first-order valence-electron chi connectivity index (χ1n) is 12.9. The van der Waals surface area contributed by atoms with Crippen molar-refractivity contribution in [2.45, 2.75) is 104 Å². The van der Waals surface area contributed by atoms with Gasteiger partial charge in [-0.2, -0.15) is 15.0 Å². The third-order valence-corrected chi connectivity index (χ3v) is 10.1. The van der Waals surface area contributed by atoms with Gasteiger partial charge in [-0.1, -0.05) is 19.8 Å². The number of carbonyl (C=O) groups is 1. The zero-order chi connectivity index (χ0) is 21.8. The molecule has 1 heterocycles. The van der Waals surface area contributed by atoms with Crippen molar-refractivity contribution in [3.8, 4) is 0 Å². The molecule has 5 nitrogen and oxygen atoms in total. The first-order chi connectivity index (χ1) is 14.8. The van der Waals surface area contributed by atoms with E-state index in [4.69, 9.17) is 0 Å². The monoisotopic (exact) mass is 427 g/mol. The van der Waals surface area contributed by atoms with Gasteiger partial charge in [-0.3, -0.25) is 4.79 Å². The van der Waals surface area contributed by atoms with Crippen LogP contribution >= 0.6 is 0 Å².